The van der Waals surface area contributed by atoms with Crippen LogP contribution in [0.5, 0.6) is 5.75 Å². The highest BCUT2D eigenvalue weighted by atomic mass is 35.5. The fourth-order valence-corrected chi connectivity index (χ4v) is 3.32. The molecule has 0 saturated carbocycles. The van der Waals surface area contributed by atoms with Gasteiger partial charge in [0.05, 0.1) is 29.4 Å². The molecule has 4 rings (SSSR count). The zero-order chi connectivity index (χ0) is 23.7. The van der Waals surface area contributed by atoms with Gasteiger partial charge in [-0.1, -0.05) is 11.6 Å². The molecule has 11 heteroatoms. The number of urea groups is 1. The van der Waals surface area contributed by atoms with E-state index in [9.17, 15) is 24.5 Å². The molecule has 0 spiro atoms. The van der Waals surface area contributed by atoms with Gasteiger partial charge in [0.25, 0.3) is 17.5 Å². The Balaban J connectivity index is 1.67. The van der Waals surface area contributed by atoms with Crippen LogP contribution in [-0.2, 0) is 9.59 Å². The summed E-state index contributed by atoms with van der Waals surface area (Å²) < 4.78 is 10.9. The molecule has 2 aromatic carbocycles. The van der Waals surface area contributed by atoms with Crippen molar-refractivity contribution in [2.45, 2.75) is 0 Å². The number of nitro benzene ring substituents is 1. The Morgan fingerprint density at radius 1 is 1.09 bits per heavy atom. The van der Waals surface area contributed by atoms with Crippen molar-refractivity contribution in [3.63, 3.8) is 0 Å². The minimum atomic E-state index is -0.889. The minimum absolute atomic E-state index is 0.148. The lowest BCUT2D eigenvalue weighted by molar-refractivity contribution is -0.384. The van der Waals surface area contributed by atoms with Crippen LogP contribution in [0.25, 0.3) is 17.4 Å². The Morgan fingerprint density at radius 2 is 1.82 bits per heavy atom. The lowest BCUT2D eigenvalue weighted by atomic mass is 10.1. The maximum absolute atomic E-state index is 12.9. The normalized spacial score (nSPS) is 15.0. The third kappa shape index (κ3) is 4.19. The average molecular weight is 468 g/mol. The molecule has 33 heavy (non-hydrogen) atoms. The van der Waals surface area contributed by atoms with Crippen LogP contribution in [0.3, 0.4) is 0 Å². The number of nitro groups is 1. The summed E-state index contributed by atoms with van der Waals surface area (Å²) in [6.45, 7) is 0. The number of benzene rings is 2. The molecule has 0 aliphatic carbocycles. The maximum Gasteiger partial charge on any atom is 0.335 e. The molecule has 1 aromatic heterocycles. The largest absolute Gasteiger partial charge is 0.496 e. The van der Waals surface area contributed by atoms with Crippen molar-refractivity contribution in [3.8, 4) is 17.1 Å². The maximum atomic E-state index is 12.9. The summed E-state index contributed by atoms with van der Waals surface area (Å²) in [7, 11) is 1.36. The van der Waals surface area contributed by atoms with Crippen molar-refractivity contribution in [2.75, 3.05) is 12.0 Å². The van der Waals surface area contributed by atoms with Gasteiger partial charge in [0.1, 0.15) is 22.8 Å². The number of hydrogen-bond donors (Lipinski definition) is 1. The summed E-state index contributed by atoms with van der Waals surface area (Å²) in [6.07, 6.45) is 1.20. The number of nitrogens with zero attached hydrogens (tertiary/aromatic N) is 2. The molecule has 0 radical (unpaired) electrons. The first-order valence-corrected chi connectivity index (χ1v) is 9.76. The van der Waals surface area contributed by atoms with E-state index in [1.807, 2.05) is 0 Å². The van der Waals surface area contributed by atoms with Crippen molar-refractivity contribution in [2.24, 2.45) is 0 Å². The van der Waals surface area contributed by atoms with Gasteiger partial charge in [-0.2, -0.15) is 0 Å². The summed E-state index contributed by atoms with van der Waals surface area (Å²) in [5.74, 6) is -1.06. The highest BCUT2D eigenvalue weighted by Gasteiger charge is 2.37. The van der Waals surface area contributed by atoms with E-state index in [0.29, 0.717) is 16.3 Å². The Morgan fingerprint density at radius 3 is 2.48 bits per heavy atom. The number of amides is 4. The van der Waals surface area contributed by atoms with Gasteiger partial charge < -0.3 is 9.15 Å². The zero-order valence-corrected chi connectivity index (χ0v) is 17.7. The average Bonchev–Trinajstić information content (AvgIpc) is 3.25. The molecule has 0 bridgehead atoms. The molecule has 0 unspecified atom stereocenters. The van der Waals surface area contributed by atoms with Gasteiger partial charge in [-0.05, 0) is 48.5 Å². The first-order valence-electron chi connectivity index (χ1n) is 9.38. The van der Waals surface area contributed by atoms with E-state index in [-0.39, 0.29) is 28.5 Å². The molecule has 1 aliphatic heterocycles. The number of carbonyl (C=O) groups excluding carboxylic acids is 3. The fourth-order valence-electron chi connectivity index (χ4n) is 3.20. The number of barbiturate groups is 1. The molecular formula is C22H14ClN3O7. The third-order valence-corrected chi connectivity index (χ3v) is 5.01. The van der Waals surface area contributed by atoms with Gasteiger partial charge in [-0.3, -0.25) is 25.0 Å². The van der Waals surface area contributed by atoms with Gasteiger partial charge in [0.2, 0.25) is 0 Å². The van der Waals surface area contributed by atoms with Crippen molar-refractivity contribution in [1.29, 1.82) is 0 Å². The van der Waals surface area contributed by atoms with Gasteiger partial charge in [0.15, 0.2) is 0 Å². The minimum Gasteiger partial charge on any atom is -0.496 e. The Hall–Kier alpha value is -4.44. The summed E-state index contributed by atoms with van der Waals surface area (Å²) in [4.78, 5) is 48.8. The second-order valence-electron chi connectivity index (χ2n) is 6.78. The van der Waals surface area contributed by atoms with E-state index in [0.717, 1.165) is 4.90 Å². The quantitative estimate of drug-likeness (QED) is 0.257. The van der Waals surface area contributed by atoms with Gasteiger partial charge in [0, 0.05) is 11.1 Å². The van der Waals surface area contributed by atoms with Crippen LogP contribution in [-0.4, -0.2) is 29.9 Å². The highest BCUT2D eigenvalue weighted by molar-refractivity contribution is 6.39. The van der Waals surface area contributed by atoms with E-state index in [4.69, 9.17) is 20.8 Å². The molecule has 4 amide bonds. The molecule has 1 saturated heterocycles. The summed E-state index contributed by atoms with van der Waals surface area (Å²) in [5.41, 5.74) is 0.197. The Labute approximate surface area is 191 Å². The zero-order valence-electron chi connectivity index (χ0n) is 16.9. The van der Waals surface area contributed by atoms with E-state index in [1.165, 1.54) is 61.7 Å². The SMILES string of the molecule is COc1cc([N+](=O)[O-])ccc1-c1ccc(/C=C2\C(=O)NC(=O)N(c3ccc(Cl)cc3)C2=O)o1. The fraction of sp³-hybridized carbons (Fsp3) is 0.0455. The number of hydrogen-bond acceptors (Lipinski definition) is 7. The van der Waals surface area contributed by atoms with Crippen LogP contribution in [0.2, 0.25) is 5.02 Å². The predicted molar refractivity (Wildman–Crippen MR) is 118 cm³/mol. The molecule has 166 valence electrons. The van der Waals surface area contributed by atoms with E-state index < -0.39 is 22.8 Å². The van der Waals surface area contributed by atoms with E-state index in [1.54, 1.807) is 6.07 Å². The lowest BCUT2D eigenvalue weighted by Crippen LogP contribution is -2.54. The molecule has 1 N–H and O–H groups in total. The van der Waals surface area contributed by atoms with Gasteiger partial charge >= 0.3 is 6.03 Å². The number of anilines is 1. The smallest absolute Gasteiger partial charge is 0.335 e. The number of rotatable bonds is 5. The number of halogens is 1. The van der Waals surface area contributed by atoms with Crippen LogP contribution >= 0.6 is 11.6 Å². The number of imide groups is 2. The van der Waals surface area contributed by atoms with Gasteiger partial charge in [-0.15, -0.1) is 0 Å². The molecular weight excluding hydrogens is 454 g/mol. The van der Waals surface area contributed by atoms with Crippen molar-refractivity contribution in [3.05, 3.63) is 81.1 Å². The third-order valence-electron chi connectivity index (χ3n) is 4.76. The second-order valence-corrected chi connectivity index (χ2v) is 7.21. The van der Waals surface area contributed by atoms with E-state index in [2.05, 4.69) is 5.32 Å². The molecule has 2 heterocycles. The van der Waals surface area contributed by atoms with Crippen LogP contribution in [0, 0.1) is 10.1 Å². The molecule has 10 nitrogen and oxygen atoms in total. The number of carbonyl (C=O) groups is 3. The number of non-ortho nitro benzene ring substituents is 1. The Bertz CT molecular complexity index is 1330. The number of ether oxygens (including phenoxy) is 1. The summed E-state index contributed by atoms with van der Waals surface area (Å²) in [6, 6.07) is 12.2. The van der Waals surface area contributed by atoms with E-state index >= 15 is 0 Å². The van der Waals surface area contributed by atoms with Crippen LogP contribution in [0.1, 0.15) is 5.76 Å². The number of methoxy groups -OCH3 is 1. The molecule has 1 fully saturated rings. The Kier molecular flexibility index (Phi) is 5.67. The van der Waals surface area contributed by atoms with Crippen LogP contribution in [0.4, 0.5) is 16.2 Å². The van der Waals surface area contributed by atoms with Crippen LogP contribution in [0.15, 0.2) is 64.6 Å². The van der Waals surface area contributed by atoms with Crippen LogP contribution < -0.4 is 15.0 Å². The molecule has 0 atom stereocenters. The topological polar surface area (TPSA) is 132 Å². The number of nitrogens with one attached hydrogen (secondary N) is 1. The standard InChI is InChI=1S/C22H14ClN3O7/c1-32-19-10-14(26(30)31)6-8-16(19)18-9-7-15(33-18)11-17-20(27)24-22(29)25(21(17)28)13-4-2-12(23)3-5-13/h2-11H,1H3,(H,24,27,29)/b17-11+. The highest BCUT2D eigenvalue weighted by Crippen LogP contribution is 2.35. The molecule has 1 aliphatic rings. The summed E-state index contributed by atoms with van der Waals surface area (Å²) in [5, 5.41) is 13.5. The first-order chi connectivity index (χ1) is 15.8. The second kappa shape index (κ2) is 8.60. The first kappa shape index (κ1) is 21.8. The summed E-state index contributed by atoms with van der Waals surface area (Å²) >= 11 is 5.86. The molecule has 3 aromatic rings. The number of furan rings is 1. The van der Waals surface area contributed by atoms with Crippen molar-refractivity contribution in [1.82, 2.24) is 5.32 Å². The van der Waals surface area contributed by atoms with Crippen molar-refractivity contribution < 1.29 is 28.5 Å². The van der Waals surface area contributed by atoms with Crippen molar-refractivity contribution >= 4 is 46.9 Å². The lowest BCUT2D eigenvalue weighted by Gasteiger charge is -2.26. The monoisotopic (exact) mass is 467 g/mol. The van der Waals surface area contributed by atoms with Gasteiger partial charge in [-0.25, -0.2) is 9.69 Å². The predicted octanol–water partition coefficient (Wildman–Crippen LogP) is 4.18.